The van der Waals surface area contributed by atoms with Crippen LogP contribution in [0.3, 0.4) is 0 Å². The van der Waals surface area contributed by atoms with Crippen molar-refractivity contribution in [1.82, 2.24) is 19.7 Å². The first-order valence-electron chi connectivity index (χ1n) is 5.89. The highest BCUT2D eigenvalue weighted by Gasteiger charge is 2.15. The monoisotopic (exact) mass is 248 g/mol. The van der Waals surface area contributed by atoms with Crippen LogP contribution in [0.25, 0.3) is 11.4 Å². The van der Waals surface area contributed by atoms with Gasteiger partial charge in [0.25, 0.3) is 5.56 Å². The van der Waals surface area contributed by atoms with E-state index in [2.05, 4.69) is 15.1 Å². The van der Waals surface area contributed by atoms with Gasteiger partial charge in [0.1, 0.15) is 5.82 Å². The molecular weight excluding hydrogens is 232 g/mol. The Kier molecular flexibility index (Phi) is 3.18. The number of aromatic nitrogens is 4. The Morgan fingerprint density at radius 3 is 2.72 bits per heavy atom. The van der Waals surface area contributed by atoms with Crippen LogP contribution >= 0.6 is 0 Å². The summed E-state index contributed by atoms with van der Waals surface area (Å²) in [4.78, 5) is 18.6. The van der Waals surface area contributed by atoms with E-state index in [1.165, 1.54) is 0 Å². The largest absolute Gasteiger partial charge is 0.493 e. The van der Waals surface area contributed by atoms with Crippen molar-refractivity contribution < 1.29 is 5.11 Å². The first-order valence-corrected chi connectivity index (χ1v) is 5.89. The third-order valence-corrected chi connectivity index (χ3v) is 2.74. The summed E-state index contributed by atoms with van der Waals surface area (Å²) in [6, 6.07) is 0. The fourth-order valence-corrected chi connectivity index (χ4v) is 1.79. The topological polar surface area (TPSA) is 83.8 Å². The van der Waals surface area contributed by atoms with Gasteiger partial charge in [0.15, 0.2) is 0 Å². The maximum atomic E-state index is 11.9. The maximum absolute atomic E-state index is 11.9. The van der Waals surface area contributed by atoms with Crippen LogP contribution in [0.1, 0.15) is 32.3 Å². The van der Waals surface area contributed by atoms with Gasteiger partial charge in [-0.1, -0.05) is 13.8 Å². The molecule has 18 heavy (non-hydrogen) atoms. The molecule has 6 heteroatoms. The van der Waals surface area contributed by atoms with Gasteiger partial charge in [0.2, 0.25) is 5.88 Å². The number of aromatic amines is 1. The van der Waals surface area contributed by atoms with E-state index in [0.29, 0.717) is 17.0 Å². The number of nitrogens with zero attached hydrogens (tertiary/aromatic N) is 3. The average molecular weight is 248 g/mol. The number of nitrogens with one attached hydrogen (secondary N) is 1. The van der Waals surface area contributed by atoms with Gasteiger partial charge in [-0.15, -0.1) is 0 Å². The van der Waals surface area contributed by atoms with Crippen molar-refractivity contribution >= 4 is 0 Å². The van der Waals surface area contributed by atoms with E-state index >= 15 is 0 Å². The van der Waals surface area contributed by atoms with Crippen molar-refractivity contribution in [2.45, 2.75) is 33.2 Å². The Bertz CT molecular complexity index is 613. The molecular formula is C12H16N4O2. The van der Waals surface area contributed by atoms with Crippen LogP contribution in [0.2, 0.25) is 0 Å². The van der Waals surface area contributed by atoms with Crippen LogP contribution in [-0.4, -0.2) is 24.9 Å². The van der Waals surface area contributed by atoms with Crippen LogP contribution in [-0.2, 0) is 6.54 Å². The van der Waals surface area contributed by atoms with Gasteiger partial charge in [-0.3, -0.25) is 9.48 Å². The van der Waals surface area contributed by atoms with Gasteiger partial charge in [-0.05, 0) is 12.8 Å². The van der Waals surface area contributed by atoms with Gasteiger partial charge in [0.05, 0.1) is 17.3 Å². The lowest BCUT2D eigenvalue weighted by Gasteiger charge is -2.07. The lowest BCUT2D eigenvalue weighted by atomic mass is 10.1. The summed E-state index contributed by atoms with van der Waals surface area (Å²) in [5, 5.41) is 13.9. The molecule has 96 valence electrons. The first-order chi connectivity index (χ1) is 8.52. The van der Waals surface area contributed by atoms with Gasteiger partial charge < -0.3 is 10.1 Å². The van der Waals surface area contributed by atoms with Gasteiger partial charge in [-0.2, -0.15) is 10.1 Å². The number of hydrogen-bond acceptors (Lipinski definition) is 4. The predicted molar refractivity (Wildman–Crippen MR) is 67.5 cm³/mol. The molecule has 2 N–H and O–H groups in total. The summed E-state index contributed by atoms with van der Waals surface area (Å²) in [5.74, 6) is 0.0447. The fraction of sp³-hybridized carbons (Fsp3) is 0.417. The molecule has 0 saturated heterocycles. The summed E-state index contributed by atoms with van der Waals surface area (Å²) in [5.41, 5.74) is 0.679. The molecule has 0 aliphatic rings. The number of H-pyrrole nitrogens is 1. The second kappa shape index (κ2) is 4.64. The van der Waals surface area contributed by atoms with E-state index < -0.39 is 0 Å². The molecule has 0 saturated carbocycles. The molecule has 0 unspecified atom stereocenters. The smallest absolute Gasteiger partial charge is 0.258 e. The second-order valence-corrected chi connectivity index (χ2v) is 4.39. The van der Waals surface area contributed by atoms with E-state index in [4.69, 9.17) is 0 Å². The first kappa shape index (κ1) is 12.3. The van der Waals surface area contributed by atoms with Crippen molar-refractivity contribution in [1.29, 1.82) is 0 Å². The van der Waals surface area contributed by atoms with Crippen molar-refractivity contribution in [2.24, 2.45) is 0 Å². The second-order valence-electron chi connectivity index (χ2n) is 4.39. The number of rotatable bonds is 3. The highest BCUT2D eigenvalue weighted by atomic mass is 16.3. The van der Waals surface area contributed by atoms with Crippen LogP contribution in [0.15, 0.2) is 17.2 Å². The van der Waals surface area contributed by atoms with E-state index in [1.54, 1.807) is 17.1 Å². The van der Waals surface area contributed by atoms with Crippen molar-refractivity contribution in [3.05, 3.63) is 28.3 Å². The SMILES string of the molecule is CCn1cc(-c2nc(O)c(C(C)C)c(=O)[nH]2)cn1. The highest BCUT2D eigenvalue weighted by molar-refractivity contribution is 5.53. The molecule has 2 aromatic heterocycles. The van der Waals surface area contributed by atoms with Crippen LogP contribution < -0.4 is 5.56 Å². The van der Waals surface area contributed by atoms with Crippen LogP contribution in [0, 0.1) is 0 Å². The minimum Gasteiger partial charge on any atom is -0.493 e. The molecule has 0 aromatic carbocycles. The summed E-state index contributed by atoms with van der Waals surface area (Å²) in [6.45, 7) is 6.37. The van der Waals surface area contributed by atoms with Crippen LogP contribution in [0.5, 0.6) is 5.88 Å². The highest BCUT2D eigenvalue weighted by Crippen LogP contribution is 2.21. The Morgan fingerprint density at radius 1 is 1.50 bits per heavy atom. The summed E-state index contributed by atoms with van der Waals surface area (Å²) < 4.78 is 1.72. The maximum Gasteiger partial charge on any atom is 0.258 e. The zero-order chi connectivity index (χ0) is 13.3. The average Bonchev–Trinajstić information content (AvgIpc) is 2.75. The molecule has 0 atom stereocenters. The molecule has 2 aromatic rings. The van der Waals surface area contributed by atoms with Gasteiger partial charge >= 0.3 is 0 Å². The lowest BCUT2D eigenvalue weighted by molar-refractivity contribution is 0.440. The minimum absolute atomic E-state index is 0.0753. The normalized spacial score (nSPS) is 11.1. The number of hydrogen-bond donors (Lipinski definition) is 2. The molecule has 2 rings (SSSR count). The molecule has 0 amide bonds. The molecule has 0 bridgehead atoms. The van der Waals surface area contributed by atoms with E-state index in [0.717, 1.165) is 6.54 Å². The third kappa shape index (κ3) is 2.13. The standard InChI is InChI=1S/C12H16N4O2/c1-4-16-6-8(5-13-16)10-14-11(17)9(7(2)3)12(18)15-10/h5-7H,4H2,1-3H3,(H2,14,15,17,18). The zero-order valence-corrected chi connectivity index (χ0v) is 10.6. The van der Waals surface area contributed by atoms with Gasteiger partial charge in [-0.25, -0.2) is 0 Å². The number of aromatic hydroxyl groups is 1. The Balaban J connectivity index is 2.51. The van der Waals surface area contributed by atoms with Crippen LogP contribution in [0.4, 0.5) is 0 Å². The molecule has 0 aliphatic heterocycles. The predicted octanol–water partition coefficient (Wildman–Crippen LogP) is 1.48. The van der Waals surface area contributed by atoms with Crippen molar-refractivity contribution in [2.75, 3.05) is 0 Å². The third-order valence-electron chi connectivity index (χ3n) is 2.74. The molecule has 0 radical (unpaired) electrons. The van der Waals surface area contributed by atoms with Gasteiger partial charge in [0, 0.05) is 12.7 Å². The molecule has 0 fully saturated rings. The zero-order valence-electron chi connectivity index (χ0n) is 10.6. The summed E-state index contributed by atoms with van der Waals surface area (Å²) >= 11 is 0. The van der Waals surface area contributed by atoms with E-state index in [9.17, 15) is 9.90 Å². The van der Waals surface area contributed by atoms with E-state index in [-0.39, 0.29) is 17.4 Å². The quantitative estimate of drug-likeness (QED) is 0.861. The fourth-order valence-electron chi connectivity index (χ4n) is 1.79. The van der Waals surface area contributed by atoms with Crippen molar-refractivity contribution in [3.63, 3.8) is 0 Å². The molecule has 6 nitrogen and oxygen atoms in total. The number of aryl methyl sites for hydroxylation is 1. The molecule has 0 aliphatic carbocycles. The Labute approximate surface area is 104 Å². The lowest BCUT2D eigenvalue weighted by Crippen LogP contribution is -2.16. The Hall–Kier alpha value is -2.11. The van der Waals surface area contributed by atoms with E-state index in [1.807, 2.05) is 20.8 Å². The minimum atomic E-state index is -0.309. The summed E-state index contributed by atoms with van der Waals surface area (Å²) in [7, 11) is 0. The molecule has 2 heterocycles. The Morgan fingerprint density at radius 2 is 2.22 bits per heavy atom. The molecule has 0 spiro atoms. The summed E-state index contributed by atoms with van der Waals surface area (Å²) in [6.07, 6.45) is 3.38. The van der Waals surface area contributed by atoms with Crippen molar-refractivity contribution in [3.8, 4) is 17.3 Å².